The van der Waals surface area contributed by atoms with Gasteiger partial charge in [-0.3, -0.25) is 9.59 Å². The van der Waals surface area contributed by atoms with Crippen LogP contribution in [0.4, 0.5) is 0 Å². The Morgan fingerprint density at radius 1 is 1.36 bits per heavy atom. The van der Waals surface area contributed by atoms with Gasteiger partial charge in [-0.1, -0.05) is 30.3 Å². The van der Waals surface area contributed by atoms with E-state index in [1.165, 1.54) is 11.3 Å². The van der Waals surface area contributed by atoms with Gasteiger partial charge in [-0.05, 0) is 13.3 Å². The summed E-state index contributed by atoms with van der Waals surface area (Å²) >= 11 is 1.48. The number of rotatable bonds is 5. The van der Waals surface area contributed by atoms with Crippen LogP contribution in [0.5, 0.6) is 0 Å². The van der Waals surface area contributed by atoms with Gasteiger partial charge in [0.1, 0.15) is 10.7 Å². The number of carboxylic acid groups (broad SMARTS) is 1. The number of nitrogens with zero attached hydrogens (tertiary/aromatic N) is 1. The second-order valence-corrected chi connectivity index (χ2v) is 7.29. The van der Waals surface area contributed by atoms with E-state index < -0.39 is 5.97 Å². The molecule has 25 heavy (non-hydrogen) atoms. The molecule has 1 fully saturated rings. The smallest absolute Gasteiger partial charge is 0.303 e. The van der Waals surface area contributed by atoms with E-state index in [2.05, 4.69) is 10.3 Å². The van der Waals surface area contributed by atoms with E-state index in [0.29, 0.717) is 25.3 Å². The molecular formula is C18H20N2O4S. The summed E-state index contributed by atoms with van der Waals surface area (Å²) in [5.41, 5.74) is 1.38. The average Bonchev–Trinajstić information content (AvgIpc) is 2.99. The number of carboxylic acids is 1. The van der Waals surface area contributed by atoms with Crippen LogP contribution >= 0.6 is 11.3 Å². The van der Waals surface area contributed by atoms with E-state index in [0.717, 1.165) is 15.4 Å². The highest BCUT2D eigenvalue weighted by Crippen LogP contribution is 2.28. The van der Waals surface area contributed by atoms with Crippen LogP contribution in [-0.4, -0.2) is 41.2 Å². The highest BCUT2D eigenvalue weighted by Gasteiger charge is 2.30. The quantitative estimate of drug-likeness (QED) is 0.856. The number of carbonyl (C=O) groups excluding carboxylic acids is 1. The van der Waals surface area contributed by atoms with Crippen LogP contribution in [0.15, 0.2) is 30.3 Å². The van der Waals surface area contributed by atoms with E-state index >= 15 is 0 Å². The van der Waals surface area contributed by atoms with E-state index in [1.807, 2.05) is 37.3 Å². The summed E-state index contributed by atoms with van der Waals surface area (Å²) in [6, 6.07) is 9.52. The number of hydrogen-bond donors (Lipinski definition) is 2. The molecule has 1 aliphatic rings. The normalized spacial score (nSPS) is 20.2. The maximum absolute atomic E-state index is 12.7. The van der Waals surface area contributed by atoms with Gasteiger partial charge in [0.15, 0.2) is 0 Å². The molecule has 2 heterocycles. The molecule has 2 atom stereocenters. The van der Waals surface area contributed by atoms with Crippen molar-refractivity contribution >= 4 is 23.2 Å². The number of aryl methyl sites for hydroxylation is 1. The first-order chi connectivity index (χ1) is 12.0. The number of carbonyl (C=O) groups is 2. The molecule has 7 heteroatoms. The number of ether oxygens (including phenoxy) is 1. The molecule has 3 rings (SSSR count). The van der Waals surface area contributed by atoms with Crippen molar-refractivity contribution in [1.82, 2.24) is 10.3 Å². The van der Waals surface area contributed by atoms with Crippen LogP contribution in [0.2, 0.25) is 0 Å². The Bertz CT molecular complexity index is 760. The summed E-state index contributed by atoms with van der Waals surface area (Å²) in [4.78, 5) is 29.0. The predicted molar refractivity (Wildman–Crippen MR) is 94.7 cm³/mol. The van der Waals surface area contributed by atoms with Crippen molar-refractivity contribution in [1.29, 1.82) is 0 Å². The van der Waals surface area contributed by atoms with E-state index in [-0.39, 0.29) is 24.3 Å². The molecule has 0 radical (unpaired) electrons. The molecule has 1 aromatic heterocycles. The third-order valence-electron chi connectivity index (χ3n) is 4.26. The summed E-state index contributed by atoms with van der Waals surface area (Å²) in [6.07, 6.45) is 0.592. The highest BCUT2D eigenvalue weighted by atomic mass is 32.1. The third kappa shape index (κ3) is 4.24. The summed E-state index contributed by atoms with van der Waals surface area (Å²) < 4.78 is 5.36. The Morgan fingerprint density at radius 3 is 2.84 bits per heavy atom. The molecule has 132 valence electrons. The predicted octanol–water partition coefficient (Wildman–Crippen LogP) is 2.73. The van der Waals surface area contributed by atoms with Gasteiger partial charge in [0.25, 0.3) is 5.91 Å². The van der Waals surface area contributed by atoms with Gasteiger partial charge in [0.05, 0.1) is 13.0 Å². The lowest BCUT2D eigenvalue weighted by atomic mass is 9.92. The van der Waals surface area contributed by atoms with Crippen molar-refractivity contribution in [2.24, 2.45) is 5.92 Å². The molecule has 2 unspecified atom stereocenters. The van der Waals surface area contributed by atoms with Crippen molar-refractivity contribution in [2.75, 3.05) is 13.2 Å². The zero-order valence-corrected chi connectivity index (χ0v) is 14.7. The largest absolute Gasteiger partial charge is 0.481 e. The Balaban J connectivity index is 1.74. The number of hydrogen-bond acceptors (Lipinski definition) is 5. The lowest BCUT2D eigenvalue weighted by molar-refractivity contribution is -0.139. The number of benzene rings is 1. The molecule has 1 amide bonds. The minimum Gasteiger partial charge on any atom is -0.481 e. The highest BCUT2D eigenvalue weighted by molar-refractivity contribution is 7.15. The fraction of sp³-hybridized carbons (Fsp3) is 0.389. The average molecular weight is 360 g/mol. The number of thiazole rings is 1. The number of amides is 1. The summed E-state index contributed by atoms with van der Waals surface area (Å²) in [6.45, 7) is 2.74. The van der Waals surface area contributed by atoms with Gasteiger partial charge in [0, 0.05) is 29.0 Å². The van der Waals surface area contributed by atoms with Crippen molar-refractivity contribution in [2.45, 2.75) is 25.8 Å². The second kappa shape index (κ2) is 7.76. The van der Waals surface area contributed by atoms with Gasteiger partial charge < -0.3 is 15.2 Å². The first-order valence-electron chi connectivity index (χ1n) is 8.18. The lowest BCUT2D eigenvalue weighted by Crippen LogP contribution is -2.46. The Kier molecular flexibility index (Phi) is 5.45. The molecule has 0 saturated carbocycles. The second-order valence-electron chi connectivity index (χ2n) is 6.09. The first-order valence-corrected chi connectivity index (χ1v) is 8.99. The molecular weight excluding hydrogens is 340 g/mol. The molecule has 1 aliphatic heterocycles. The summed E-state index contributed by atoms with van der Waals surface area (Å²) in [5.74, 6) is -1.35. The van der Waals surface area contributed by atoms with Crippen molar-refractivity contribution in [3.63, 3.8) is 0 Å². The van der Waals surface area contributed by atoms with Crippen LogP contribution in [0, 0.1) is 12.8 Å². The van der Waals surface area contributed by atoms with E-state index in [4.69, 9.17) is 9.84 Å². The minimum atomic E-state index is -0.883. The lowest BCUT2D eigenvalue weighted by Gasteiger charge is -2.31. The van der Waals surface area contributed by atoms with E-state index in [1.54, 1.807) is 0 Å². The van der Waals surface area contributed by atoms with Crippen LogP contribution in [0.1, 0.15) is 28.2 Å². The zero-order valence-electron chi connectivity index (χ0n) is 13.9. The van der Waals surface area contributed by atoms with Crippen LogP contribution in [-0.2, 0) is 9.53 Å². The van der Waals surface area contributed by atoms with Crippen molar-refractivity contribution in [3.05, 3.63) is 40.9 Å². The Hall–Kier alpha value is -2.25. The Labute approximate surface area is 149 Å². The molecule has 1 saturated heterocycles. The SMILES string of the molecule is Cc1sc(-c2ccccc2)nc1C(=O)NC1CCOCC1CC(=O)O. The fourth-order valence-corrected chi connectivity index (χ4v) is 3.88. The van der Waals surface area contributed by atoms with Gasteiger partial charge in [-0.25, -0.2) is 4.98 Å². The number of nitrogens with one attached hydrogen (secondary N) is 1. The Morgan fingerprint density at radius 2 is 2.12 bits per heavy atom. The maximum atomic E-state index is 12.7. The molecule has 2 N–H and O–H groups in total. The van der Waals surface area contributed by atoms with Crippen molar-refractivity contribution in [3.8, 4) is 10.6 Å². The molecule has 0 bridgehead atoms. The zero-order chi connectivity index (χ0) is 17.8. The summed E-state index contributed by atoms with van der Waals surface area (Å²) in [7, 11) is 0. The topological polar surface area (TPSA) is 88.5 Å². The maximum Gasteiger partial charge on any atom is 0.303 e. The minimum absolute atomic E-state index is 0.0176. The van der Waals surface area contributed by atoms with Gasteiger partial charge in [0.2, 0.25) is 0 Å². The molecule has 2 aromatic rings. The number of aromatic nitrogens is 1. The monoisotopic (exact) mass is 360 g/mol. The summed E-state index contributed by atoms with van der Waals surface area (Å²) in [5, 5.41) is 12.8. The van der Waals surface area contributed by atoms with Crippen molar-refractivity contribution < 1.29 is 19.4 Å². The van der Waals surface area contributed by atoms with Gasteiger partial charge in [-0.2, -0.15) is 0 Å². The fourth-order valence-electron chi connectivity index (χ4n) is 2.96. The van der Waals surface area contributed by atoms with Crippen LogP contribution in [0.25, 0.3) is 10.6 Å². The van der Waals surface area contributed by atoms with Crippen LogP contribution in [0.3, 0.4) is 0 Å². The molecule has 6 nitrogen and oxygen atoms in total. The first kappa shape index (κ1) is 17.6. The number of aliphatic carboxylic acids is 1. The van der Waals surface area contributed by atoms with Gasteiger partial charge in [-0.15, -0.1) is 11.3 Å². The molecule has 0 aliphatic carbocycles. The van der Waals surface area contributed by atoms with E-state index in [9.17, 15) is 9.59 Å². The molecule has 1 aromatic carbocycles. The third-order valence-corrected chi connectivity index (χ3v) is 5.28. The standard InChI is InChI=1S/C18H20N2O4S/c1-11-16(20-18(25-11)12-5-3-2-4-6-12)17(23)19-14-7-8-24-10-13(14)9-15(21)22/h2-6,13-14H,7-10H2,1H3,(H,19,23)(H,21,22). The molecule has 0 spiro atoms. The van der Waals surface area contributed by atoms with Crippen LogP contribution < -0.4 is 5.32 Å². The van der Waals surface area contributed by atoms with Gasteiger partial charge >= 0.3 is 5.97 Å².